The van der Waals surface area contributed by atoms with Crippen molar-refractivity contribution >= 4 is 5.91 Å². The molecule has 21 heavy (non-hydrogen) atoms. The van der Waals surface area contributed by atoms with Crippen LogP contribution in [0.15, 0.2) is 24.3 Å². The van der Waals surface area contributed by atoms with Crippen molar-refractivity contribution in [1.82, 2.24) is 4.90 Å². The molecule has 0 aromatic heterocycles. The van der Waals surface area contributed by atoms with Crippen LogP contribution in [0.1, 0.15) is 45.1 Å². The standard InChI is InChI=1S/C17H22FNO2/c1-11(2)16(20)19-12-7-8-13(19)10-17(21,9-12)14-5-3-4-6-15(14)18/h3-6,11-13,21H,7-10H2,1-2H3/t12-,13-/m1/s1. The van der Waals surface area contributed by atoms with E-state index in [1.54, 1.807) is 18.2 Å². The third-order valence-corrected chi connectivity index (χ3v) is 4.89. The molecule has 0 spiro atoms. The smallest absolute Gasteiger partial charge is 0.225 e. The number of benzene rings is 1. The second-order valence-electron chi connectivity index (χ2n) is 6.70. The average Bonchev–Trinajstić information content (AvgIpc) is 2.71. The summed E-state index contributed by atoms with van der Waals surface area (Å²) < 4.78 is 14.0. The number of fused-ring (bicyclic) bond motifs is 2. The van der Waals surface area contributed by atoms with Crippen molar-refractivity contribution in [2.45, 2.75) is 57.2 Å². The second-order valence-corrected chi connectivity index (χ2v) is 6.70. The lowest BCUT2D eigenvalue weighted by Gasteiger charge is -2.44. The lowest BCUT2D eigenvalue weighted by Crippen LogP contribution is -2.53. The number of hydrogen-bond acceptors (Lipinski definition) is 2. The number of amides is 1. The maximum atomic E-state index is 14.0. The molecule has 1 aromatic rings. The van der Waals surface area contributed by atoms with Crippen LogP contribution in [0.5, 0.6) is 0 Å². The Labute approximate surface area is 124 Å². The number of aliphatic hydroxyl groups is 1. The predicted octanol–water partition coefficient (Wildman–Crippen LogP) is 2.82. The summed E-state index contributed by atoms with van der Waals surface area (Å²) in [5.74, 6) is -0.242. The van der Waals surface area contributed by atoms with Gasteiger partial charge in [-0.1, -0.05) is 32.0 Å². The van der Waals surface area contributed by atoms with E-state index in [1.165, 1.54) is 6.07 Å². The number of piperidine rings is 1. The van der Waals surface area contributed by atoms with E-state index in [2.05, 4.69) is 0 Å². The first kappa shape index (κ1) is 14.5. The van der Waals surface area contributed by atoms with Crippen LogP contribution >= 0.6 is 0 Å². The summed E-state index contributed by atoms with van der Waals surface area (Å²) in [6, 6.07) is 6.50. The van der Waals surface area contributed by atoms with E-state index in [0.29, 0.717) is 18.4 Å². The monoisotopic (exact) mass is 291 g/mol. The van der Waals surface area contributed by atoms with Crippen LogP contribution in [0.25, 0.3) is 0 Å². The fourth-order valence-corrected chi connectivity index (χ4v) is 3.94. The molecule has 1 amide bonds. The molecule has 2 saturated heterocycles. The van der Waals surface area contributed by atoms with Gasteiger partial charge in [-0.25, -0.2) is 4.39 Å². The van der Waals surface area contributed by atoms with Crippen LogP contribution in [-0.4, -0.2) is 28.0 Å². The number of halogens is 1. The molecule has 0 unspecified atom stereocenters. The van der Waals surface area contributed by atoms with Crippen molar-refractivity contribution in [3.63, 3.8) is 0 Å². The Hall–Kier alpha value is -1.42. The minimum absolute atomic E-state index is 0.0308. The first-order valence-electron chi connectivity index (χ1n) is 7.72. The summed E-state index contributed by atoms with van der Waals surface area (Å²) in [4.78, 5) is 14.3. The summed E-state index contributed by atoms with van der Waals surface area (Å²) in [6.07, 6.45) is 2.67. The predicted molar refractivity (Wildman–Crippen MR) is 78.0 cm³/mol. The van der Waals surface area contributed by atoms with Crippen molar-refractivity contribution in [1.29, 1.82) is 0 Å². The molecule has 114 valence electrons. The largest absolute Gasteiger partial charge is 0.385 e. The van der Waals surface area contributed by atoms with E-state index in [4.69, 9.17) is 0 Å². The van der Waals surface area contributed by atoms with E-state index in [1.807, 2.05) is 18.7 Å². The summed E-state index contributed by atoms with van der Waals surface area (Å²) in [5, 5.41) is 11.0. The van der Waals surface area contributed by atoms with Crippen molar-refractivity contribution in [3.8, 4) is 0 Å². The van der Waals surface area contributed by atoms with Gasteiger partial charge in [-0.05, 0) is 18.9 Å². The highest BCUT2D eigenvalue weighted by Gasteiger charge is 2.50. The fourth-order valence-electron chi connectivity index (χ4n) is 3.94. The minimum atomic E-state index is -1.15. The zero-order chi connectivity index (χ0) is 15.2. The van der Waals surface area contributed by atoms with E-state index in [0.717, 1.165) is 12.8 Å². The van der Waals surface area contributed by atoms with Gasteiger partial charge in [0.05, 0.1) is 5.60 Å². The minimum Gasteiger partial charge on any atom is -0.385 e. The molecule has 0 aliphatic carbocycles. The number of nitrogens with zero attached hydrogens (tertiary/aromatic N) is 1. The Bertz CT molecular complexity index is 543. The van der Waals surface area contributed by atoms with Crippen LogP contribution < -0.4 is 0 Å². The zero-order valence-electron chi connectivity index (χ0n) is 12.6. The Balaban J connectivity index is 1.89. The summed E-state index contributed by atoms with van der Waals surface area (Å²) in [6.45, 7) is 3.80. The van der Waals surface area contributed by atoms with E-state index < -0.39 is 5.60 Å². The molecule has 2 atom stereocenters. The molecule has 3 rings (SSSR count). The number of hydrogen-bond donors (Lipinski definition) is 1. The van der Waals surface area contributed by atoms with Gasteiger partial charge in [-0.15, -0.1) is 0 Å². The van der Waals surface area contributed by atoms with Gasteiger partial charge in [0, 0.05) is 36.4 Å². The summed E-state index contributed by atoms with van der Waals surface area (Å²) in [7, 11) is 0. The van der Waals surface area contributed by atoms with Gasteiger partial charge in [0.2, 0.25) is 5.91 Å². The molecule has 3 nitrogen and oxygen atoms in total. The van der Waals surface area contributed by atoms with E-state index in [-0.39, 0.29) is 29.7 Å². The van der Waals surface area contributed by atoms with Gasteiger partial charge in [0.15, 0.2) is 0 Å². The molecule has 1 aromatic carbocycles. The van der Waals surface area contributed by atoms with Crippen LogP contribution in [0.2, 0.25) is 0 Å². The van der Waals surface area contributed by atoms with Crippen LogP contribution in [0.3, 0.4) is 0 Å². The summed E-state index contributed by atoms with van der Waals surface area (Å²) in [5.41, 5.74) is -0.774. The molecule has 2 heterocycles. The van der Waals surface area contributed by atoms with E-state index in [9.17, 15) is 14.3 Å². The number of carbonyl (C=O) groups excluding carboxylic acids is 1. The number of rotatable bonds is 2. The van der Waals surface area contributed by atoms with Gasteiger partial charge in [0.25, 0.3) is 0 Å². The number of carbonyl (C=O) groups is 1. The maximum absolute atomic E-state index is 14.0. The lowest BCUT2D eigenvalue weighted by molar-refractivity contribution is -0.145. The first-order chi connectivity index (χ1) is 9.92. The van der Waals surface area contributed by atoms with Crippen molar-refractivity contribution in [3.05, 3.63) is 35.6 Å². The van der Waals surface area contributed by atoms with E-state index >= 15 is 0 Å². The highest BCUT2D eigenvalue weighted by atomic mass is 19.1. The molecule has 2 aliphatic rings. The highest BCUT2D eigenvalue weighted by molar-refractivity contribution is 5.79. The molecular weight excluding hydrogens is 269 g/mol. The lowest BCUT2D eigenvalue weighted by atomic mass is 9.80. The Morgan fingerprint density at radius 3 is 2.38 bits per heavy atom. The average molecular weight is 291 g/mol. The van der Waals surface area contributed by atoms with Crippen molar-refractivity contribution in [2.75, 3.05) is 0 Å². The van der Waals surface area contributed by atoms with Gasteiger partial charge in [-0.2, -0.15) is 0 Å². The van der Waals surface area contributed by atoms with Gasteiger partial charge in [0.1, 0.15) is 5.82 Å². The van der Waals surface area contributed by atoms with Gasteiger partial charge in [-0.3, -0.25) is 4.79 Å². The maximum Gasteiger partial charge on any atom is 0.225 e. The topological polar surface area (TPSA) is 40.5 Å². The van der Waals surface area contributed by atoms with Crippen LogP contribution in [-0.2, 0) is 10.4 Å². The molecule has 2 fully saturated rings. The molecule has 4 heteroatoms. The molecule has 0 saturated carbocycles. The third-order valence-electron chi connectivity index (χ3n) is 4.89. The van der Waals surface area contributed by atoms with Gasteiger partial charge < -0.3 is 10.0 Å². The SMILES string of the molecule is CC(C)C(=O)N1[C@@H]2CC[C@@H]1CC(O)(c1ccccc1F)C2. The molecule has 2 aliphatic heterocycles. The van der Waals surface area contributed by atoms with Crippen molar-refractivity contribution < 1.29 is 14.3 Å². The highest BCUT2D eigenvalue weighted by Crippen LogP contribution is 2.46. The Morgan fingerprint density at radius 1 is 1.29 bits per heavy atom. The molecule has 2 bridgehead atoms. The molecule has 0 radical (unpaired) electrons. The molecule has 1 N–H and O–H groups in total. The normalized spacial score (nSPS) is 31.8. The first-order valence-corrected chi connectivity index (χ1v) is 7.72. The van der Waals surface area contributed by atoms with Crippen LogP contribution in [0, 0.1) is 11.7 Å². The fraction of sp³-hybridized carbons (Fsp3) is 0.588. The quantitative estimate of drug-likeness (QED) is 0.910. The summed E-state index contributed by atoms with van der Waals surface area (Å²) >= 11 is 0. The van der Waals surface area contributed by atoms with Crippen molar-refractivity contribution in [2.24, 2.45) is 5.92 Å². The van der Waals surface area contributed by atoms with Gasteiger partial charge >= 0.3 is 0 Å². The third kappa shape index (κ3) is 2.35. The Kier molecular flexibility index (Phi) is 3.52. The molecular formula is C17H22FNO2. The zero-order valence-corrected chi connectivity index (χ0v) is 12.6. The second kappa shape index (κ2) is 5.09. The Morgan fingerprint density at radius 2 is 1.86 bits per heavy atom. The van der Waals surface area contributed by atoms with Crippen LogP contribution in [0.4, 0.5) is 4.39 Å².